The summed E-state index contributed by atoms with van der Waals surface area (Å²) >= 11 is 6.58. The molecule has 1 aliphatic heterocycles. The lowest BCUT2D eigenvalue weighted by atomic mass is 10.1. The number of rotatable bonds is 2. The Labute approximate surface area is 90.6 Å². The van der Waals surface area contributed by atoms with Crippen LogP contribution >= 0.6 is 11.1 Å². The maximum atomic E-state index is 6.58. The van der Waals surface area contributed by atoms with Crippen LogP contribution in [0.4, 0.5) is 0 Å². The highest BCUT2D eigenvalue weighted by molar-refractivity contribution is 7.23. The van der Waals surface area contributed by atoms with Gasteiger partial charge in [-0.15, -0.1) is 6.58 Å². The number of hydrogen-bond acceptors (Lipinski definition) is 0. The first-order valence-electron chi connectivity index (χ1n) is 4.80. The Bertz CT molecular complexity index is 384. The summed E-state index contributed by atoms with van der Waals surface area (Å²) in [6, 6.07) is 10.5. The van der Waals surface area contributed by atoms with E-state index in [0.717, 1.165) is 12.1 Å². The molecule has 72 valence electrons. The predicted octanol–water partition coefficient (Wildman–Crippen LogP) is 3.70. The Morgan fingerprint density at radius 1 is 1.43 bits per heavy atom. The summed E-state index contributed by atoms with van der Waals surface area (Å²) in [5.41, 5.74) is 4.93. The summed E-state index contributed by atoms with van der Waals surface area (Å²) in [5, 5.41) is 0. The zero-order valence-corrected chi connectivity index (χ0v) is 9.80. The van der Waals surface area contributed by atoms with Gasteiger partial charge in [-0.05, 0) is 23.2 Å². The number of benzene rings is 1. The Morgan fingerprint density at radius 2 is 2.21 bits per heavy atom. The Hall–Kier alpha value is -0.793. The van der Waals surface area contributed by atoms with Gasteiger partial charge in [0.05, 0.1) is 0 Å². The monoisotopic (exact) mass is 220 g/mol. The van der Waals surface area contributed by atoms with Crippen LogP contribution in [0, 0.1) is 0 Å². The van der Waals surface area contributed by atoms with E-state index < -0.39 is 7.38 Å². The van der Waals surface area contributed by atoms with Crippen molar-refractivity contribution in [1.82, 2.24) is 0 Å². The lowest BCUT2D eigenvalue weighted by Gasteiger charge is -2.24. The van der Waals surface area contributed by atoms with Gasteiger partial charge in [0.1, 0.15) is 0 Å². The lowest BCUT2D eigenvalue weighted by molar-refractivity contribution is 1.30. The van der Waals surface area contributed by atoms with Gasteiger partial charge in [0.25, 0.3) is 0 Å². The molecule has 1 heterocycles. The molecule has 2 rings (SSSR count). The molecule has 0 bridgehead atoms. The maximum Gasteiger partial charge on any atom is 0.187 e. The van der Waals surface area contributed by atoms with Crippen LogP contribution in [0.1, 0.15) is 11.1 Å². The van der Waals surface area contributed by atoms with Crippen LogP contribution in [0.3, 0.4) is 0 Å². The van der Waals surface area contributed by atoms with Crippen molar-refractivity contribution in [1.29, 1.82) is 0 Å². The SMILES string of the molecule is C=CC[Si]1(Cl)C=Cc2ccccc2C1. The summed E-state index contributed by atoms with van der Waals surface area (Å²) < 4.78 is 0. The van der Waals surface area contributed by atoms with Gasteiger partial charge in [-0.2, -0.15) is 11.1 Å². The van der Waals surface area contributed by atoms with E-state index in [9.17, 15) is 0 Å². The topological polar surface area (TPSA) is 0 Å². The third-order valence-electron chi connectivity index (χ3n) is 2.58. The standard InChI is InChI=1S/C12H13ClSi/c1-2-8-14(13)9-7-11-5-3-4-6-12(11)10-14/h2-7,9H,1,8,10H2. The smallest absolute Gasteiger partial charge is 0.161 e. The molecule has 2 heteroatoms. The van der Waals surface area contributed by atoms with Gasteiger partial charge in [-0.25, -0.2) is 0 Å². The first kappa shape index (κ1) is 9.75. The summed E-state index contributed by atoms with van der Waals surface area (Å²) in [5.74, 6) is 0. The Balaban J connectivity index is 2.33. The third kappa shape index (κ3) is 1.84. The van der Waals surface area contributed by atoms with Crippen LogP contribution in [-0.4, -0.2) is 7.38 Å². The molecule has 0 nitrogen and oxygen atoms in total. The number of fused-ring (bicyclic) bond motifs is 1. The second-order valence-corrected chi connectivity index (χ2v) is 9.16. The van der Waals surface area contributed by atoms with Crippen LogP contribution in [0.25, 0.3) is 6.08 Å². The van der Waals surface area contributed by atoms with Crippen LogP contribution < -0.4 is 0 Å². The highest BCUT2D eigenvalue weighted by Gasteiger charge is 2.29. The Morgan fingerprint density at radius 3 is 3.00 bits per heavy atom. The van der Waals surface area contributed by atoms with Gasteiger partial charge in [0.2, 0.25) is 0 Å². The fraction of sp³-hybridized carbons (Fsp3) is 0.167. The second kappa shape index (κ2) is 3.75. The van der Waals surface area contributed by atoms with E-state index in [1.54, 1.807) is 0 Å². The van der Waals surface area contributed by atoms with Crippen LogP contribution in [0.2, 0.25) is 6.04 Å². The lowest BCUT2D eigenvalue weighted by Crippen LogP contribution is -2.30. The van der Waals surface area contributed by atoms with Crippen molar-refractivity contribution < 1.29 is 0 Å². The quantitative estimate of drug-likeness (QED) is 0.405. The van der Waals surface area contributed by atoms with E-state index >= 15 is 0 Å². The van der Waals surface area contributed by atoms with Crippen molar-refractivity contribution >= 4 is 24.5 Å². The van der Waals surface area contributed by atoms with Gasteiger partial charge >= 0.3 is 0 Å². The Kier molecular flexibility index (Phi) is 2.61. The molecule has 1 atom stereocenters. The summed E-state index contributed by atoms with van der Waals surface area (Å²) in [6.07, 6.45) is 4.11. The molecule has 0 radical (unpaired) electrons. The summed E-state index contributed by atoms with van der Waals surface area (Å²) in [6.45, 7) is 3.77. The summed E-state index contributed by atoms with van der Waals surface area (Å²) in [4.78, 5) is 0. The van der Waals surface area contributed by atoms with E-state index in [1.807, 2.05) is 6.08 Å². The molecule has 0 fully saturated rings. The van der Waals surface area contributed by atoms with Crippen LogP contribution in [-0.2, 0) is 6.04 Å². The average Bonchev–Trinajstić information content (AvgIpc) is 2.17. The molecular formula is C12H13ClSi. The number of hydrogen-bond donors (Lipinski definition) is 0. The van der Waals surface area contributed by atoms with E-state index in [1.165, 1.54) is 11.1 Å². The minimum Gasteiger partial charge on any atom is -0.161 e. The van der Waals surface area contributed by atoms with Crippen molar-refractivity contribution in [2.45, 2.75) is 12.1 Å². The van der Waals surface area contributed by atoms with Crippen molar-refractivity contribution in [3.8, 4) is 0 Å². The molecule has 0 amide bonds. The summed E-state index contributed by atoms with van der Waals surface area (Å²) in [7, 11) is -1.71. The van der Waals surface area contributed by atoms with Crippen LogP contribution in [0.5, 0.6) is 0 Å². The molecule has 14 heavy (non-hydrogen) atoms. The van der Waals surface area contributed by atoms with E-state index in [-0.39, 0.29) is 0 Å². The predicted molar refractivity (Wildman–Crippen MR) is 65.8 cm³/mol. The third-order valence-corrected chi connectivity index (χ3v) is 6.53. The second-order valence-electron chi connectivity index (χ2n) is 3.74. The number of halogens is 1. The molecule has 0 spiro atoms. The van der Waals surface area contributed by atoms with Crippen LogP contribution in [0.15, 0.2) is 42.6 Å². The first-order chi connectivity index (χ1) is 6.73. The average molecular weight is 221 g/mol. The van der Waals surface area contributed by atoms with E-state index in [4.69, 9.17) is 11.1 Å². The maximum absolute atomic E-state index is 6.58. The molecular weight excluding hydrogens is 208 g/mol. The van der Waals surface area contributed by atoms with Gasteiger partial charge < -0.3 is 0 Å². The largest absolute Gasteiger partial charge is 0.187 e. The van der Waals surface area contributed by atoms with E-state index in [0.29, 0.717) is 0 Å². The fourth-order valence-electron chi connectivity index (χ4n) is 1.85. The van der Waals surface area contributed by atoms with Crippen molar-refractivity contribution in [2.75, 3.05) is 0 Å². The van der Waals surface area contributed by atoms with Crippen molar-refractivity contribution in [2.24, 2.45) is 0 Å². The van der Waals surface area contributed by atoms with Gasteiger partial charge in [-0.3, -0.25) is 0 Å². The molecule has 1 aromatic carbocycles. The minimum atomic E-state index is -1.71. The van der Waals surface area contributed by atoms with Gasteiger partial charge in [-0.1, -0.05) is 42.1 Å². The zero-order valence-electron chi connectivity index (χ0n) is 8.04. The molecule has 0 saturated heterocycles. The molecule has 1 aliphatic rings. The molecule has 0 aromatic heterocycles. The molecule has 0 N–H and O–H groups in total. The molecule has 0 saturated carbocycles. The normalized spacial score (nSPS) is 24.4. The molecule has 1 aromatic rings. The first-order valence-corrected chi connectivity index (χ1v) is 8.31. The fourth-order valence-corrected chi connectivity index (χ4v) is 5.11. The van der Waals surface area contributed by atoms with Gasteiger partial charge in [0.15, 0.2) is 7.38 Å². The van der Waals surface area contributed by atoms with E-state index in [2.05, 4.69) is 42.6 Å². The van der Waals surface area contributed by atoms with Crippen molar-refractivity contribution in [3.63, 3.8) is 0 Å². The van der Waals surface area contributed by atoms with Gasteiger partial charge in [0, 0.05) is 0 Å². The highest BCUT2D eigenvalue weighted by atomic mass is 35.6. The highest BCUT2D eigenvalue weighted by Crippen LogP contribution is 2.30. The zero-order chi connectivity index (χ0) is 10.0. The number of allylic oxidation sites excluding steroid dienone is 1. The van der Waals surface area contributed by atoms with Crippen molar-refractivity contribution in [3.05, 3.63) is 53.7 Å². The molecule has 0 aliphatic carbocycles. The molecule has 1 unspecified atom stereocenters. The minimum absolute atomic E-state index is 0.958.